The predicted molar refractivity (Wildman–Crippen MR) is 72.7 cm³/mol. The zero-order valence-electron chi connectivity index (χ0n) is 12.0. The normalized spacial score (nSPS) is 27.3. The largest absolute Gasteiger partial charge is 0.478 e. The highest BCUT2D eigenvalue weighted by atomic mass is 19.1. The Kier molecular flexibility index (Phi) is 4.34. The third kappa shape index (κ3) is 2.88. The summed E-state index contributed by atoms with van der Waals surface area (Å²) in [6, 6.07) is 0. The van der Waals surface area contributed by atoms with Gasteiger partial charge in [-0.25, -0.2) is 9.18 Å². The molecule has 0 heterocycles. The Morgan fingerprint density at radius 3 is 2.45 bits per heavy atom. The molecule has 1 aliphatic carbocycles. The third-order valence-electron chi connectivity index (χ3n) is 3.72. The average molecular weight is 282 g/mol. The summed E-state index contributed by atoms with van der Waals surface area (Å²) in [5.74, 6) is -2.64. The van der Waals surface area contributed by atoms with Gasteiger partial charge in [0.2, 0.25) is 0 Å². The van der Waals surface area contributed by atoms with Gasteiger partial charge >= 0.3 is 5.97 Å². The van der Waals surface area contributed by atoms with Crippen molar-refractivity contribution in [2.24, 2.45) is 5.41 Å². The van der Waals surface area contributed by atoms with Crippen LogP contribution in [0.2, 0.25) is 0 Å². The first kappa shape index (κ1) is 16.3. The molecule has 0 bridgehead atoms. The fraction of sp³-hybridized carbons (Fsp3) is 0.467. The van der Waals surface area contributed by atoms with E-state index in [-0.39, 0.29) is 12.0 Å². The molecule has 0 aliphatic heterocycles. The van der Waals surface area contributed by atoms with Gasteiger partial charge in [0.25, 0.3) is 0 Å². The zero-order chi connectivity index (χ0) is 15.7. The molecule has 0 amide bonds. The number of hydrogen-bond acceptors (Lipinski definition) is 3. The molecule has 0 radical (unpaired) electrons. The Morgan fingerprint density at radius 2 is 1.95 bits per heavy atom. The van der Waals surface area contributed by atoms with Crippen molar-refractivity contribution in [1.29, 1.82) is 0 Å². The quantitative estimate of drug-likeness (QED) is 0.616. The highest BCUT2D eigenvalue weighted by Crippen LogP contribution is 2.46. The maximum atomic E-state index is 13.8. The Morgan fingerprint density at radius 1 is 1.40 bits per heavy atom. The molecule has 110 valence electrons. The standard InChI is InChI=1S/C15H19FO4/c1-9(7-12(18)19)5-6-15(20)10(2)13(16)11(17)8-14(15,3)4/h5-7,20H,8H2,1-4H3,(H,18,19)/b6-5+,9-7-/t15-/m1/s1. The van der Waals surface area contributed by atoms with Gasteiger partial charge in [0.15, 0.2) is 11.6 Å². The van der Waals surface area contributed by atoms with E-state index in [0.29, 0.717) is 5.57 Å². The van der Waals surface area contributed by atoms with E-state index in [9.17, 15) is 19.1 Å². The molecule has 0 saturated carbocycles. The van der Waals surface area contributed by atoms with Gasteiger partial charge < -0.3 is 10.2 Å². The molecule has 2 N–H and O–H groups in total. The maximum absolute atomic E-state index is 13.8. The van der Waals surface area contributed by atoms with Crippen molar-refractivity contribution >= 4 is 11.8 Å². The molecule has 1 aliphatic rings. The van der Waals surface area contributed by atoms with Crippen LogP contribution in [0, 0.1) is 5.41 Å². The van der Waals surface area contributed by atoms with Crippen LogP contribution in [0.5, 0.6) is 0 Å². The first-order valence-electron chi connectivity index (χ1n) is 6.24. The Balaban J connectivity index is 3.28. The molecular formula is C15H19FO4. The third-order valence-corrected chi connectivity index (χ3v) is 3.72. The maximum Gasteiger partial charge on any atom is 0.328 e. The molecule has 0 fully saturated rings. The number of Topliss-reactive ketones (excluding diaryl/α,β-unsaturated/α-hetero) is 1. The summed E-state index contributed by atoms with van der Waals surface area (Å²) >= 11 is 0. The van der Waals surface area contributed by atoms with Crippen LogP contribution in [0.1, 0.15) is 34.1 Å². The molecule has 0 aromatic rings. The summed E-state index contributed by atoms with van der Waals surface area (Å²) in [5, 5.41) is 19.4. The van der Waals surface area contributed by atoms with E-state index in [1.165, 1.54) is 19.1 Å². The minimum atomic E-state index is -1.63. The van der Waals surface area contributed by atoms with E-state index in [1.807, 2.05) is 0 Å². The Bertz CT molecular complexity index is 540. The number of carboxylic acid groups (broad SMARTS) is 1. The van der Waals surface area contributed by atoms with Crippen LogP contribution in [0.4, 0.5) is 4.39 Å². The molecule has 0 aromatic carbocycles. The number of allylic oxidation sites excluding steroid dienone is 3. The Labute approximate surface area is 117 Å². The van der Waals surface area contributed by atoms with Gasteiger partial charge in [0, 0.05) is 23.5 Å². The van der Waals surface area contributed by atoms with Crippen molar-refractivity contribution in [2.45, 2.75) is 39.7 Å². The number of carbonyl (C=O) groups excluding carboxylic acids is 1. The first-order valence-corrected chi connectivity index (χ1v) is 6.24. The fourth-order valence-electron chi connectivity index (χ4n) is 2.34. The lowest BCUT2D eigenvalue weighted by atomic mass is 9.64. The molecule has 0 unspecified atom stereocenters. The van der Waals surface area contributed by atoms with Crippen LogP contribution in [-0.2, 0) is 9.59 Å². The lowest BCUT2D eigenvalue weighted by molar-refractivity contribution is -0.131. The topological polar surface area (TPSA) is 74.6 Å². The van der Waals surface area contributed by atoms with Crippen LogP contribution >= 0.6 is 0 Å². The van der Waals surface area contributed by atoms with Crippen LogP contribution in [0.25, 0.3) is 0 Å². The molecule has 1 atom stereocenters. The summed E-state index contributed by atoms with van der Waals surface area (Å²) in [5.41, 5.74) is -2.13. The van der Waals surface area contributed by atoms with Crippen LogP contribution in [0.15, 0.2) is 35.2 Å². The van der Waals surface area contributed by atoms with Crippen molar-refractivity contribution in [1.82, 2.24) is 0 Å². The van der Waals surface area contributed by atoms with Gasteiger partial charge in [-0.3, -0.25) is 4.79 Å². The number of ketones is 1. The van der Waals surface area contributed by atoms with E-state index in [4.69, 9.17) is 5.11 Å². The molecule has 20 heavy (non-hydrogen) atoms. The number of aliphatic hydroxyl groups is 1. The van der Waals surface area contributed by atoms with E-state index in [2.05, 4.69) is 0 Å². The number of carboxylic acids is 1. The SMILES string of the molecule is CC1=C(F)C(=O)CC(C)(C)[C@@]1(O)/C=C/C(C)=C\C(=O)O. The van der Waals surface area contributed by atoms with Crippen molar-refractivity contribution in [3.63, 3.8) is 0 Å². The van der Waals surface area contributed by atoms with Crippen molar-refractivity contribution in [3.8, 4) is 0 Å². The predicted octanol–water partition coefficient (Wildman–Crippen LogP) is 2.55. The molecule has 1 rings (SSSR count). The molecule has 4 nitrogen and oxygen atoms in total. The fourth-order valence-corrected chi connectivity index (χ4v) is 2.34. The molecule has 0 spiro atoms. The lowest BCUT2D eigenvalue weighted by Crippen LogP contribution is -2.49. The Hall–Kier alpha value is -1.75. The minimum Gasteiger partial charge on any atom is -0.478 e. The zero-order valence-corrected chi connectivity index (χ0v) is 12.0. The van der Waals surface area contributed by atoms with Gasteiger partial charge in [-0.15, -0.1) is 0 Å². The molecule has 0 saturated heterocycles. The average Bonchev–Trinajstić information content (AvgIpc) is 2.30. The highest BCUT2D eigenvalue weighted by Gasteiger charge is 2.49. The van der Waals surface area contributed by atoms with Gasteiger partial charge in [0.1, 0.15) is 5.60 Å². The number of aliphatic carboxylic acids is 1. The second kappa shape index (κ2) is 5.32. The number of carbonyl (C=O) groups is 2. The summed E-state index contributed by atoms with van der Waals surface area (Å²) in [6.07, 6.45) is 3.64. The minimum absolute atomic E-state index is 0.0434. The summed E-state index contributed by atoms with van der Waals surface area (Å²) < 4.78 is 13.8. The van der Waals surface area contributed by atoms with Crippen molar-refractivity contribution in [2.75, 3.05) is 0 Å². The molecule has 0 aromatic heterocycles. The summed E-state index contributed by atoms with van der Waals surface area (Å²) in [6.45, 7) is 6.27. The second-order valence-electron chi connectivity index (χ2n) is 5.75. The van der Waals surface area contributed by atoms with E-state index >= 15 is 0 Å². The van der Waals surface area contributed by atoms with Gasteiger partial charge in [0.05, 0.1) is 0 Å². The van der Waals surface area contributed by atoms with Gasteiger partial charge in [-0.1, -0.05) is 19.9 Å². The van der Waals surface area contributed by atoms with Gasteiger partial charge in [-0.05, 0) is 25.5 Å². The molecule has 5 heteroatoms. The van der Waals surface area contributed by atoms with E-state index in [0.717, 1.165) is 6.08 Å². The van der Waals surface area contributed by atoms with Crippen molar-refractivity contribution < 1.29 is 24.2 Å². The monoisotopic (exact) mass is 282 g/mol. The summed E-state index contributed by atoms with van der Waals surface area (Å²) in [7, 11) is 0. The van der Waals surface area contributed by atoms with Crippen LogP contribution < -0.4 is 0 Å². The van der Waals surface area contributed by atoms with Gasteiger partial charge in [-0.2, -0.15) is 0 Å². The summed E-state index contributed by atoms with van der Waals surface area (Å²) in [4.78, 5) is 22.1. The number of rotatable bonds is 3. The van der Waals surface area contributed by atoms with E-state index < -0.39 is 28.6 Å². The lowest BCUT2D eigenvalue weighted by Gasteiger charge is -2.44. The number of hydrogen-bond donors (Lipinski definition) is 2. The highest BCUT2D eigenvalue weighted by molar-refractivity contribution is 5.96. The first-order chi connectivity index (χ1) is 9.01. The smallest absolute Gasteiger partial charge is 0.328 e. The van der Waals surface area contributed by atoms with Crippen molar-refractivity contribution in [3.05, 3.63) is 35.2 Å². The number of halogens is 1. The van der Waals surface area contributed by atoms with Crippen LogP contribution in [0.3, 0.4) is 0 Å². The van der Waals surface area contributed by atoms with E-state index in [1.54, 1.807) is 20.8 Å². The second-order valence-corrected chi connectivity index (χ2v) is 5.75. The molecular weight excluding hydrogens is 263 g/mol. The van der Waals surface area contributed by atoms with Crippen LogP contribution in [-0.4, -0.2) is 27.6 Å².